The zero-order valence-corrected chi connectivity index (χ0v) is 19.6. The second-order valence-electron chi connectivity index (χ2n) is 12.2. The van der Waals surface area contributed by atoms with E-state index in [1.54, 1.807) is 0 Å². The van der Waals surface area contributed by atoms with E-state index in [4.69, 9.17) is 0 Å². The third kappa shape index (κ3) is 3.80. The van der Waals surface area contributed by atoms with Gasteiger partial charge in [-0.1, -0.05) is 32.4 Å². The average Bonchev–Trinajstić information content (AvgIpc) is 3.03. The summed E-state index contributed by atoms with van der Waals surface area (Å²) in [6.07, 6.45) is 6.46. The Morgan fingerprint density at radius 2 is 1.81 bits per heavy atom. The van der Waals surface area contributed by atoms with Crippen molar-refractivity contribution in [2.45, 2.75) is 110 Å². The number of alkyl halides is 3. The summed E-state index contributed by atoms with van der Waals surface area (Å²) in [5.41, 5.74) is -0.699. The number of allylic oxidation sites excluding steroid dienone is 1. The Bertz CT molecular complexity index is 714. The lowest BCUT2D eigenvalue weighted by Crippen LogP contribution is -2.51. The molecule has 9 atom stereocenters. The van der Waals surface area contributed by atoms with E-state index in [1.807, 2.05) is 0 Å². The first-order valence-electron chi connectivity index (χ1n) is 12.5. The fraction of sp³-hybridized carbons (Fsp3) is 0.923. The van der Waals surface area contributed by atoms with E-state index in [1.165, 1.54) is 18.4 Å². The number of fused-ring (bicyclic) bond motifs is 5. The molecule has 0 aromatic heterocycles. The quantitative estimate of drug-likeness (QED) is 0.478. The van der Waals surface area contributed by atoms with Crippen molar-refractivity contribution < 1.29 is 23.4 Å². The molecule has 2 nitrogen and oxygen atoms in total. The molecule has 3 saturated carbocycles. The lowest BCUT2D eigenvalue weighted by molar-refractivity contribution is -0.256. The first-order valence-corrected chi connectivity index (χ1v) is 12.5. The molecular formula is C26H41F3O2. The Morgan fingerprint density at radius 3 is 2.48 bits per heavy atom. The van der Waals surface area contributed by atoms with Gasteiger partial charge in [0.05, 0.1) is 6.10 Å². The van der Waals surface area contributed by atoms with E-state index in [2.05, 4.69) is 26.8 Å². The third-order valence-corrected chi connectivity index (χ3v) is 10.5. The van der Waals surface area contributed by atoms with Gasteiger partial charge in [0, 0.05) is 0 Å². The van der Waals surface area contributed by atoms with Crippen LogP contribution in [0.15, 0.2) is 11.6 Å². The molecule has 0 amide bonds. The maximum absolute atomic E-state index is 13.1. The molecule has 0 aliphatic heterocycles. The van der Waals surface area contributed by atoms with Crippen LogP contribution in [0.25, 0.3) is 0 Å². The predicted molar refractivity (Wildman–Crippen MR) is 116 cm³/mol. The molecule has 5 heteroatoms. The van der Waals surface area contributed by atoms with E-state index < -0.39 is 11.8 Å². The zero-order chi connectivity index (χ0) is 22.8. The van der Waals surface area contributed by atoms with Crippen molar-refractivity contribution in [1.82, 2.24) is 0 Å². The fourth-order valence-electron chi connectivity index (χ4n) is 8.47. The fourth-order valence-corrected chi connectivity index (χ4v) is 8.47. The van der Waals surface area contributed by atoms with Gasteiger partial charge >= 0.3 is 6.18 Å². The highest BCUT2D eigenvalue weighted by atomic mass is 19.4. The molecule has 0 aromatic rings. The van der Waals surface area contributed by atoms with Gasteiger partial charge < -0.3 is 10.2 Å². The van der Waals surface area contributed by atoms with Crippen molar-refractivity contribution in [2.24, 2.45) is 40.4 Å². The molecule has 4 aliphatic rings. The third-order valence-electron chi connectivity index (χ3n) is 10.5. The molecule has 0 spiro atoms. The molecule has 0 radical (unpaired) electrons. The molecular weight excluding hydrogens is 401 g/mol. The molecule has 178 valence electrons. The van der Waals surface area contributed by atoms with E-state index in [0.29, 0.717) is 30.1 Å². The normalized spacial score (nSPS) is 45.7. The molecule has 2 N–H and O–H groups in total. The van der Waals surface area contributed by atoms with Crippen LogP contribution in [0, 0.1) is 40.4 Å². The Hall–Kier alpha value is -0.550. The summed E-state index contributed by atoms with van der Waals surface area (Å²) < 4.78 is 39.3. The van der Waals surface area contributed by atoms with Gasteiger partial charge in [0.1, 0.15) is 0 Å². The Balaban J connectivity index is 1.48. The second kappa shape index (κ2) is 7.75. The molecule has 0 saturated heterocycles. The average molecular weight is 443 g/mol. The van der Waals surface area contributed by atoms with Crippen LogP contribution in [0.5, 0.6) is 0 Å². The molecule has 3 fully saturated rings. The minimum absolute atomic E-state index is 0.185. The van der Waals surface area contributed by atoms with Crippen molar-refractivity contribution in [3.63, 3.8) is 0 Å². The summed E-state index contributed by atoms with van der Waals surface area (Å²) in [5.74, 6) is 2.61. The molecule has 0 aromatic carbocycles. The van der Waals surface area contributed by atoms with Gasteiger partial charge in [0.2, 0.25) is 0 Å². The zero-order valence-electron chi connectivity index (χ0n) is 19.6. The molecule has 4 aliphatic carbocycles. The topological polar surface area (TPSA) is 40.5 Å². The molecule has 7 unspecified atom stereocenters. The van der Waals surface area contributed by atoms with Crippen LogP contribution in [0.1, 0.15) is 91.9 Å². The van der Waals surface area contributed by atoms with Crippen LogP contribution in [0.2, 0.25) is 0 Å². The number of halogens is 3. The minimum atomic E-state index is -4.57. The summed E-state index contributed by atoms with van der Waals surface area (Å²) in [7, 11) is 0. The first kappa shape index (κ1) is 23.6. The van der Waals surface area contributed by atoms with Gasteiger partial charge in [-0.25, -0.2) is 0 Å². The Labute approximate surface area is 185 Å². The first-order chi connectivity index (χ1) is 14.3. The van der Waals surface area contributed by atoms with Gasteiger partial charge in [-0.15, -0.1) is 0 Å². The van der Waals surface area contributed by atoms with Crippen LogP contribution < -0.4 is 0 Å². The number of aliphatic hydroxyl groups excluding tert-OH is 1. The summed E-state index contributed by atoms with van der Waals surface area (Å²) in [5, 5.41) is 20.1. The lowest BCUT2D eigenvalue weighted by atomic mass is 9.47. The maximum Gasteiger partial charge on any atom is 0.416 e. The molecule has 0 bridgehead atoms. The maximum atomic E-state index is 13.1. The van der Waals surface area contributed by atoms with E-state index in [0.717, 1.165) is 45.4 Å². The van der Waals surface area contributed by atoms with Crippen molar-refractivity contribution in [3.8, 4) is 0 Å². The second-order valence-corrected chi connectivity index (χ2v) is 12.2. The Kier molecular flexibility index (Phi) is 5.90. The number of rotatable bonds is 4. The SMILES string of the molecule is C[C@H](CC[C@](C)(O)C(F)(F)F)C1CCC2C3CC=C4CC(O)CCC4(C)C3CCC21C. The van der Waals surface area contributed by atoms with Crippen LogP contribution in [0.4, 0.5) is 13.2 Å². The van der Waals surface area contributed by atoms with Gasteiger partial charge in [0.25, 0.3) is 0 Å². The van der Waals surface area contributed by atoms with E-state index >= 15 is 0 Å². The molecule has 0 heterocycles. The van der Waals surface area contributed by atoms with Gasteiger partial charge in [-0.05, 0) is 112 Å². The van der Waals surface area contributed by atoms with Crippen LogP contribution in [0.3, 0.4) is 0 Å². The highest BCUT2D eigenvalue weighted by Crippen LogP contribution is 2.67. The van der Waals surface area contributed by atoms with Gasteiger partial charge in [-0.3, -0.25) is 0 Å². The largest absolute Gasteiger partial charge is 0.416 e. The summed E-state index contributed by atoms with van der Waals surface area (Å²) in [4.78, 5) is 0. The van der Waals surface area contributed by atoms with Crippen molar-refractivity contribution in [3.05, 3.63) is 11.6 Å². The lowest BCUT2D eigenvalue weighted by Gasteiger charge is -2.58. The standard InChI is InChI=1S/C26H41F3O2/c1-16(9-14-25(4,31)26(27,28)29)20-7-8-21-19-6-5-17-15-18(30)10-12-23(17,2)22(19)11-13-24(20,21)3/h5,16,18-22,30-31H,6-15H2,1-4H3/t16-,18?,19?,20?,21?,22?,23?,24?,25+/m1/s1. The number of hydrogen-bond acceptors (Lipinski definition) is 2. The highest BCUT2D eigenvalue weighted by Gasteiger charge is 2.59. The summed E-state index contributed by atoms with van der Waals surface area (Å²) in [6.45, 7) is 7.87. The molecule has 4 rings (SSSR count). The minimum Gasteiger partial charge on any atom is -0.393 e. The van der Waals surface area contributed by atoms with Crippen molar-refractivity contribution >= 4 is 0 Å². The number of hydrogen-bond donors (Lipinski definition) is 2. The molecule has 31 heavy (non-hydrogen) atoms. The smallest absolute Gasteiger partial charge is 0.393 e. The highest BCUT2D eigenvalue weighted by molar-refractivity contribution is 5.25. The summed E-state index contributed by atoms with van der Waals surface area (Å²) in [6, 6.07) is 0. The van der Waals surface area contributed by atoms with Crippen molar-refractivity contribution in [2.75, 3.05) is 0 Å². The predicted octanol–water partition coefficient (Wildman–Crippen LogP) is 6.66. The monoisotopic (exact) mass is 442 g/mol. The van der Waals surface area contributed by atoms with E-state index in [9.17, 15) is 23.4 Å². The van der Waals surface area contributed by atoms with Crippen LogP contribution >= 0.6 is 0 Å². The number of aliphatic hydroxyl groups is 2. The van der Waals surface area contributed by atoms with Gasteiger partial charge in [0.15, 0.2) is 5.60 Å². The van der Waals surface area contributed by atoms with Crippen LogP contribution in [-0.4, -0.2) is 28.1 Å². The Morgan fingerprint density at radius 1 is 1.10 bits per heavy atom. The van der Waals surface area contributed by atoms with Gasteiger partial charge in [-0.2, -0.15) is 13.2 Å². The van der Waals surface area contributed by atoms with E-state index in [-0.39, 0.29) is 29.3 Å². The van der Waals surface area contributed by atoms with Crippen LogP contribution in [-0.2, 0) is 0 Å². The summed E-state index contributed by atoms with van der Waals surface area (Å²) >= 11 is 0. The van der Waals surface area contributed by atoms with Crippen molar-refractivity contribution in [1.29, 1.82) is 0 Å².